The van der Waals surface area contributed by atoms with Crippen molar-refractivity contribution in [2.45, 2.75) is 18.4 Å². The van der Waals surface area contributed by atoms with E-state index in [-0.39, 0.29) is 5.69 Å². The number of nitrogens with one attached hydrogen (secondary N) is 1. The zero-order chi connectivity index (χ0) is 14.0. The first-order chi connectivity index (χ1) is 8.90. The second kappa shape index (κ2) is 4.96. The summed E-state index contributed by atoms with van der Waals surface area (Å²) in [7, 11) is -4.04. The summed E-state index contributed by atoms with van der Waals surface area (Å²) in [6.07, 6.45) is 2.80. The molecule has 0 spiro atoms. The summed E-state index contributed by atoms with van der Waals surface area (Å²) in [6.45, 7) is 2.42. The van der Waals surface area contributed by atoms with Crippen LogP contribution in [0.5, 0.6) is 0 Å². The molecule has 8 heteroatoms. The molecule has 0 saturated carbocycles. The second-order valence-corrected chi connectivity index (χ2v) is 5.48. The SMILES string of the molecule is CCn1cc(NS(=O)(=O)c2cc(F)cc(F)c2)cn1. The first-order valence-corrected chi connectivity index (χ1v) is 6.90. The fraction of sp³-hybridized carbons (Fsp3) is 0.182. The molecule has 2 rings (SSSR count). The van der Waals surface area contributed by atoms with E-state index in [0.717, 1.165) is 12.1 Å². The summed E-state index contributed by atoms with van der Waals surface area (Å²) in [5.41, 5.74) is 0.228. The maximum atomic E-state index is 13.0. The van der Waals surface area contributed by atoms with Crippen LogP contribution in [0.15, 0.2) is 35.5 Å². The summed E-state index contributed by atoms with van der Waals surface area (Å²) >= 11 is 0. The van der Waals surface area contributed by atoms with Gasteiger partial charge in [-0.05, 0) is 19.1 Å². The molecule has 2 aromatic rings. The molecule has 0 aliphatic heterocycles. The fourth-order valence-corrected chi connectivity index (χ4v) is 2.56. The van der Waals surface area contributed by atoms with Crippen molar-refractivity contribution in [3.8, 4) is 0 Å². The van der Waals surface area contributed by atoms with Crippen LogP contribution in [0.25, 0.3) is 0 Å². The Balaban J connectivity index is 2.31. The predicted molar refractivity (Wildman–Crippen MR) is 65.1 cm³/mol. The van der Waals surface area contributed by atoms with Gasteiger partial charge in [0.2, 0.25) is 0 Å². The monoisotopic (exact) mass is 287 g/mol. The molecule has 0 bridgehead atoms. The van der Waals surface area contributed by atoms with E-state index < -0.39 is 26.6 Å². The number of nitrogens with zero attached hydrogens (tertiary/aromatic N) is 2. The van der Waals surface area contributed by atoms with E-state index in [1.807, 2.05) is 6.92 Å². The molecule has 0 amide bonds. The van der Waals surface area contributed by atoms with Gasteiger partial charge >= 0.3 is 0 Å². The van der Waals surface area contributed by atoms with E-state index in [4.69, 9.17) is 0 Å². The van der Waals surface area contributed by atoms with Gasteiger partial charge < -0.3 is 0 Å². The Kier molecular flexibility index (Phi) is 3.52. The van der Waals surface area contributed by atoms with Crippen molar-refractivity contribution in [2.75, 3.05) is 4.72 Å². The van der Waals surface area contributed by atoms with Gasteiger partial charge in [-0.1, -0.05) is 0 Å². The third-order valence-corrected chi connectivity index (χ3v) is 3.72. The molecule has 1 heterocycles. The molecular formula is C11H11F2N3O2S. The van der Waals surface area contributed by atoms with Crippen LogP contribution in [-0.2, 0) is 16.6 Å². The average Bonchev–Trinajstić information content (AvgIpc) is 2.74. The summed E-state index contributed by atoms with van der Waals surface area (Å²) < 4.78 is 53.6. The van der Waals surface area contributed by atoms with E-state index >= 15 is 0 Å². The van der Waals surface area contributed by atoms with Gasteiger partial charge in [-0.25, -0.2) is 17.2 Å². The van der Waals surface area contributed by atoms with Crippen LogP contribution in [0.3, 0.4) is 0 Å². The van der Waals surface area contributed by atoms with Gasteiger partial charge in [-0.3, -0.25) is 9.40 Å². The van der Waals surface area contributed by atoms with Crippen LogP contribution in [0.1, 0.15) is 6.92 Å². The number of aryl methyl sites for hydroxylation is 1. The fourth-order valence-electron chi connectivity index (χ4n) is 1.49. The van der Waals surface area contributed by atoms with Gasteiger partial charge in [-0.15, -0.1) is 0 Å². The van der Waals surface area contributed by atoms with Crippen molar-refractivity contribution in [3.05, 3.63) is 42.2 Å². The molecule has 0 aliphatic rings. The number of halogens is 2. The van der Waals surface area contributed by atoms with Crippen LogP contribution in [0, 0.1) is 11.6 Å². The number of anilines is 1. The van der Waals surface area contributed by atoms with Crippen molar-refractivity contribution in [1.82, 2.24) is 9.78 Å². The normalized spacial score (nSPS) is 11.5. The van der Waals surface area contributed by atoms with Gasteiger partial charge in [-0.2, -0.15) is 5.10 Å². The standard InChI is InChI=1S/C11H11F2N3O2S/c1-2-16-7-10(6-14-16)15-19(17,18)11-4-8(12)3-9(13)5-11/h3-7,15H,2H2,1H3. The van der Waals surface area contributed by atoms with Crippen molar-refractivity contribution in [3.63, 3.8) is 0 Å². The number of sulfonamides is 1. The van der Waals surface area contributed by atoms with Gasteiger partial charge in [0.15, 0.2) is 0 Å². The molecule has 0 radical (unpaired) electrons. The molecule has 1 N–H and O–H groups in total. The van der Waals surface area contributed by atoms with Gasteiger partial charge in [0.25, 0.3) is 10.0 Å². The Labute approximate surface area is 108 Å². The van der Waals surface area contributed by atoms with Crippen LogP contribution < -0.4 is 4.72 Å². The number of hydrogen-bond donors (Lipinski definition) is 1. The summed E-state index contributed by atoms with van der Waals surface area (Å²) in [6, 6.07) is 2.10. The van der Waals surface area contributed by atoms with Crippen molar-refractivity contribution in [1.29, 1.82) is 0 Å². The Morgan fingerprint density at radius 3 is 2.42 bits per heavy atom. The molecule has 0 saturated heterocycles. The topological polar surface area (TPSA) is 64.0 Å². The molecule has 19 heavy (non-hydrogen) atoms. The van der Waals surface area contributed by atoms with E-state index in [1.54, 1.807) is 0 Å². The van der Waals surface area contributed by atoms with Crippen molar-refractivity contribution >= 4 is 15.7 Å². The third kappa shape index (κ3) is 3.08. The first-order valence-electron chi connectivity index (χ1n) is 5.42. The molecule has 5 nitrogen and oxygen atoms in total. The highest BCUT2D eigenvalue weighted by Crippen LogP contribution is 2.17. The van der Waals surface area contributed by atoms with Crippen molar-refractivity contribution < 1.29 is 17.2 Å². The molecule has 0 atom stereocenters. The molecule has 0 fully saturated rings. The minimum atomic E-state index is -4.04. The lowest BCUT2D eigenvalue weighted by Gasteiger charge is -2.06. The molecule has 0 unspecified atom stereocenters. The summed E-state index contributed by atoms with van der Waals surface area (Å²) in [5, 5.41) is 3.89. The van der Waals surface area contributed by atoms with Gasteiger partial charge in [0.1, 0.15) is 11.6 Å². The minimum Gasteiger partial charge on any atom is -0.276 e. The molecule has 0 aliphatic carbocycles. The van der Waals surface area contributed by atoms with Gasteiger partial charge in [0, 0.05) is 18.8 Å². The molecule has 1 aromatic heterocycles. The molecule has 102 valence electrons. The number of rotatable bonds is 4. The quantitative estimate of drug-likeness (QED) is 0.935. The van der Waals surface area contributed by atoms with Crippen LogP contribution >= 0.6 is 0 Å². The van der Waals surface area contributed by atoms with Crippen LogP contribution in [-0.4, -0.2) is 18.2 Å². The maximum absolute atomic E-state index is 13.0. The zero-order valence-electron chi connectivity index (χ0n) is 9.97. The zero-order valence-corrected chi connectivity index (χ0v) is 10.8. The lowest BCUT2D eigenvalue weighted by molar-refractivity contribution is 0.568. The van der Waals surface area contributed by atoms with Crippen LogP contribution in [0.2, 0.25) is 0 Å². The van der Waals surface area contributed by atoms with E-state index in [1.165, 1.54) is 17.1 Å². The Hall–Kier alpha value is -1.96. The van der Waals surface area contributed by atoms with E-state index in [0.29, 0.717) is 12.6 Å². The maximum Gasteiger partial charge on any atom is 0.262 e. The lowest BCUT2D eigenvalue weighted by Crippen LogP contribution is -2.13. The third-order valence-electron chi connectivity index (χ3n) is 2.36. The van der Waals surface area contributed by atoms with Crippen molar-refractivity contribution in [2.24, 2.45) is 0 Å². The van der Waals surface area contributed by atoms with E-state index in [2.05, 4.69) is 9.82 Å². The number of aromatic nitrogens is 2. The smallest absolute Gasteiger partial charge is 0.262 e. The first kappa shape index (κ1) is 13.5. The predicted octanol–water partition coefficient (Wildman–Crippen LogP) is 1.98. The number of hydrogen-bond acceptors (Lipinski definition) is 3. The molecule has 1 aromatic carbocycles. The second-order valence-electron chi connectivity index (χ2n) is 3.80. The van der Waals surface area contributed by atoms with E-state index in [9.17, 15) is 17.2 Å². The Morgan fingerprint density at radius 2 is 1.89 bits per heavy atom. The Bertz CT molecular complexity index is 677. The summed E-state index contributed by atoms with van der Waals surface area (Å²) in [5.74, 6) is -1.91. The average molecular weight is 287 g/mol. The molecular weight excluding hydrogens is 276 g/mol. The minimum absolute atomic E-state index is 0.228. The Morgan fingerprint density at radius 1 is 1.26 bits per heavy atom. The van der Waals surface area contributed by atoms with Crippen LogP contribution in [0.4, 0.5) is 14.5 Å². The highest BCUT2D eigenvalue weighted by molar-refractivity contribution is 7.92. The highest BCUT2D eigenvalue weighted by atomic mass is 32.2. The number of benzene rings is 1. The lowest BCUT2D eigenvalue weighted by atomic mass is 10.3. The largest absolute Gasteiger partial charge is 0.276 e. The summed E-state index contributed by atoms with van der Waals surface area (Å²) in [4.78, 5) is -0.478. The van der Waals surface area contributed by atoms with Gasteiger partial charge in [0.05, 0.1) is 16.8 Å². The highest BCUT2D eigenvalue weighted by Gasteiger charge is 2.17.